The molecule has 3 N–H and O–H groups in total. The Hall–Kier alpha value is -2.08. The molecule has 0 saturated carbocycles. The van der Waals surface area contributed by atoms with Gasteiger partial charge in [-0.25, -0.2) is 0 Å². The second-order valence-electron chi connectivity index (χ2n) is 6.37. The summed E-state index contributed by atoms with van der Waals surface area (Å²) in [5.74, 6) is -2.29. The number of carbonyl (C=O) groups excluding carboxylic acids is 1. The Labute approximate surface area is 150 Å². The van der Waals surface area contributed by atoms with Crippen molar-refractivity contribution in [2.45, 2.75) is 59.0 Å². The SMILES string of the molecule is C=C(CC/C=C(\C)CC)C(CC)C(CC(=O)NC1C=CON1)C(=O)O. The van der Waals surface area contributed by atoms with E-state index in [2.05, 4.69) is 37.3 Å². The van der Waals surface area contributed by atoms with Gasteiger partial charge in [0.25, 0.3) is 0 Å². The van der Waals surface area contributed by atoms with Crippen LogP contribution in [-0.2, 0) is 14.4 Å². The Bertz CT molecular complexity index is 540. The zero-order valence-electron chi connectivity index (χ0n) is 15.4. The van der Waals surface area contributed by atoms with Crippen molar-refractivity contribution in [2.75, 3.05) is 0 Å². The summed E-state index contributed by atoms with van der Waals surface area (Å²) in [5, 5.41) is 12.3. The summed E-state index contributed by atoms with van der Waals surface area (Å²) in [6.45, 7) is 10.2. The number of aliphatic carboxylic acids is 1. The first-order valence-corrected chi connectivity index (χ1v) is 8.82. The van der Waals surface area contributed by atoms with Gasteiger partial charge < -0.3 is 15.3 Å². The number of carbonyl (C=O) groups is 2. The topological polar surface area (TPSA) is 87.7 Å². The molecule has 1 amide bonds. The van der Waals surface area contributed by atoms with E-state index in [1.165, 1.54) is 11.8 Å². The lowest BCUT2D eigenvalue weighted by molar-refractivity contribution is -0.145. The smallest absolute Gasteiger partial charge is 0.307 e. The Kier molecular flexibility index (Phi) is 8.99. The Morgan fingerprint density at radius 3 is 2.64 bits per heavy atom. The van der Waals surface area contributed by atoms with Crippen LogP contribution in [0, 0.1) is 11.8 Å². The lowest BCUT2D eigenvalue weighted by Gasteiger charge is -2.25. The molecule has 1 heterocycles. The van der Waals surface area contributed by atoms with Gasteiger partial charge in [-0.3, -0.25) is 9.59 Å². The van der Waals surface area contributed by atoms with Crippen molar-refractivity contribution in [2.24, 2.45) is 11.8 Å². The predicted octanol–water partition coefficient (Wildman–Crippen LogP) is 3.29. The van der Waals surface area contributed by atoms with Crippen LogP contribution in [0.4, 0.5) is 0 Å². The third kappa shape index (κ3) is 7.13. The zero-order valence-corrected chi connectivity index (χ0v) is 15.4. The molecule has 0 bridgehead atoms. The minimum Gasteiger partial charge on any atom is -0.481 e. The van der Waals surface area contributed by atoms with Gasteiger partial charge in [-0.1, -0.05) is 37.6 Å². The minimum atomic E-state index is -0.963. The van der Waals surface area contributed by atoms with Crippen LogP contribution < -0.4 is 10.8 Å². The minimum absolute atomic E-state index is 0.0806. The van der Waals surface area contributed by atoms with Crippen molar-refractivity contribution in [1.29, 1.82) is 0 Å². The molecule has 1 aliphatic heterocycles. The number of rotatable bonds is 11. The molecule has 0 fully saturated rings. The molecule has 6 heteroatoms. The maximum atomic E-state index is 12.2. The van der Waals surface area contributed by atoms with Crippen molar-refractivity contribution in [1.82, 2.24) is 10.8 Å². The summed E-state index contributed by atoms with van der Waals surface area (Å²) < 4.78 is 0. The summed E-state index contributed by atoms with van der Waals surface area (Å²) >= 11 is 0. The number of amides is 1. The van der Waals surface area contributed by atoms with Gasteiger partial charge in [-0.05, 0) is 44.6 Å². The van der Waals surface area contributed by atoms with E-state index in [-0.39, 0.29) is 18.2 Å². The maximum Gasteiger partial charge on any atom is 0.307 e. The lowest BCUT2D eigenvalue weighted by Crippen LogP contribution is -2.42. The van der Waals surface area contributed by atoms with Gasteiger partial charge in [-0.15, -0.1) is 5.48 Å². The number of hydrogen-bond acceptors (Lipinski definition) is 4. The van der Waals surface area contributed by atoms with Crippen molar-refractivity contribution < 1.29 is 19.5 Å². The van der Waals surface area contributed by atoms with Gasteiger partial charge in [0.15, 0.2) is 0 Å². The van der Waals surface area contributed by atoms with Crippen LogP contribution in [-0.4, -0.2) is 23.1 Å². The molecular weight excluding hydrogens is 320 g/mol. The van der Waals surface area contributed by atoms with E-state index in [1.807, 2.05) is 6.92 Å². The van der Waals surface area contributed by atoms with Crippen LogP contribution in [0.25, 0.3) is 0 Å². The highest BCUT2D eigenvalue weighted by molar-refractivity contribution is 5.83. The molecular formula is C19H30N2O4. The molecule has 0 aromatic carbocycles. The number of hydrogen-bond donors (Lipinski definition) is 3. The third-order valence-corrected chi connectivity index (χ3v) is 4.54. The average molecular weight is 350 g/mol. The second-order valence-corrected chi connectivity index (χ2v) is 6.37. The maximum absolute atomic E-state index is 12.2. The Morgan fingerprint density at radius 1 is 1.40 bits per heavy atom. The predicted molar refractivity (Wildman–Crippen MR) is 97.2 cm³/mol. The summed E-state index contributed by atoms with van der Waals surface area (Å²) in [7, 11) is 0. The molecule has 25 heavy (non-hydrogen) atoms. The standard InChI is InChI=1S/C19H30N2O4/c1-5-13(3)8-7-9-14(4)15(6-2)16(19(23)24)12-18(22)20-17-10-11-25-21-17/h8,10-11,15-17,21H,4-7,9,12H2,1-3H3,(H,20,22)(H,23,24)/b13-8+. The van der Waals surface area contributed by atoms with Crippen LogP contribution in [0.1, 0.15) is 52.9 Å². The van der Waals surface area contributed by atoms with Gasteiger partial charge in [0.2, 0.25) is 5.91 Å². The number of carboxylic acids is 1. The molecule has 3 atom stereocenters. The molecule has 0 aromatic rings. The van der Waals surface area contributed by atoms with Crippen molar-refractivity contribution >= 4 is 11.9 Å². The van der Waals surface area contributed by atoms with E-state index < -0.39 is 18.1 Å². The quantitative estimate of drug-likeness (QED) is 0.498. The normalized spacial score (nSPS) is 19.2. The number of allylic oxidation sites excluding steroid dienone is 3. The third-order valence-electron chi connectivity index (χ3n) is 4.54. The first-order valence-electron chi connectivity index (χ1n) is 8.82. The summed E-state index contributed by atoms with van der Waals surface area (Å²) in [6.07, 6.45) is 7.98. The Morgan fingerprint density at radius 2 is 2.12 bits per heavy atom. The number of hydroxylamine groups is 1. The molecule has 0 aliphatic carbocycles. The second kappa shape index (κ2) is 10.7. The van der Waals surface area contributed by atoms with E-state index in [4.69, 9.17) is 4.84 Å². The first kappa shape index (κ1) is 21.0. The first-order chi connectivity index (χ1) is 11.9. The molecule has 3 unspecified atom stereocenters. The number of nitrogens with one attached hydrogen (secondary N) is 2. The molecule has 0 saturated heterocycles. The van der Waals surface area contributed by atoms with Crippen LogP contribution in [0.3, 0.4) is 0 Å². The number of carboxylic acid groups (broad SMARTS) is 1. The molecule has 0 spiro atoms. The van der Waals surface area contributed by atoms with Gasteiger partial charge in [0.05, 0.1) is 5.92 Å². The van der Waals surface area contributed by atoms with Gasteiger partial charge >= 0.3 is 5.97 Å². The van der Waals surface area contributed by atoms with E-state index in [9.17, 15) is 14.7 Å². The fourth-order valence-electron chi connectivity index (χ4n) is 2.87. The molecule has 0 aromatic heterocycles. The highest BCUT2D eigenvalue weighted by Crippen LogP contribution is 2.29. The monoisotopic (exact) mass is 350 g/mol. The van der Waals surface area contributed by atoms with Crippen LogP contribution >= 0.6 is 0 Å². The highest BCUT2D eigenvalue weighted by atomic mass is 16.6. The zero-order chi connectivity index (χ0) is 18.8. The summed E-state index contributed by atoms with van der Waals surface area (Å²) in [4.78, 5) is 28.7. The van der Waals surface area contributed by atoms with E-state index in [0.717, 1.165) is 24.8 Å². The molecule has 1 rings (SSSR count). The van der Waals surface area contributed by atoms with Gasteiger partial charge in [-0.2, -0.15) is 0 Å². The average Bonchev–Trinajstić information content (AvgIpc) is 3.07. The van der Waals surface area contributed by atoms with Crippen LogP contribution in [0.5, 0.6) is 0 Å². The van der Waals surface area contributed by atoms with Crippen LogP contribution in [0.2, 0.25) is 0 Å². The Balaban J connectivity index is 2.65. The molecule has 1 aliphatic rings. The molecule has 6 nitrogen and oxygen atoms in total. The molecule has 0 radical (unpaired) electrons. The van der Waals surface area contributed by atoms with Gasteiger partial charge in [0, 0.05) is 6.42 Å². The largest absolute Gasteiger partial charge is 0.481 e. The van der Waals surface area contributed by atoms with Crippen molar-refractivity contribution in [3.63, 3.8) is 0 Å². The van der Waals surface area contributed by atoms with Crippen LogP contribution in [0.15, 0.2) is 36.1 Å². The van der Waals surface area contributed by atoms with E-state index in [1.54, 1.807) is 6.08 Å². The summed E-state index contributed by atoms with van der Waals surface area (Å²) in [5.41, 5.74) is 4.79. The van der Waals surface area contributed by atoms with Crippen molar-refractivity contribution in [3.05, 3.63) is 36.1 Å². The van der Waals surface area contributed by atoms with Gasteiger partial charge in [0.1, 0.15) is 12.4 Å². The molecule has 140 valence electrons. The lowest BCUT2D eigenvalue weighted by atomic mass is 9.80. The highest BCUT2D eigenvalue weighted by Gasteiger charge is 2.31. The van der Waals surface area contributed by atoms with E-state index in [0.29, 0.717) is 6.42 Å². The van der Waals surface area contributed by atoms with Crippen molar-refractivity contribution in [3.8, 4) is 0 Å². The fraction of sp³-hybridized carbons (Fsp3) is 0.579. The van der Waals surface area contributed by atoms with E-state index >= 15 is 0 Å². The fourth-order valence-corrected chi connectivity index (χ4v) is 2.87. The summed E-state index contributed by atoms with van der Waals surface area (Å²) in [6, 6.07) is 0.